The quantitative estimate of drug-likeness (QED) is 0.906. The van der Waals surface area contributed by atoms with Gasteiger partial charge in [0, 0.05) is 28.4 Å². The van der Waals surface area contributed by atoms with Gasteiger partial charge >= 0.3 is 0 Å². The largest absolute Gasteiger partial charge is 0.496 e. The molecule has 0 aromatic heterocycles. The van der Waals surface area contributed by atoms with E-state index in [2.05, 4.69) is 11.2 Å². The van der Waals surface area contributed by atoms with Gasteiger partial charge in [-0.05, 0) is 50.4 Å². The molecule has 1 aromatic carbocycles. The lowest BCUT2D eigenvalue weighted by Gasteiger charge is -2.40. The van der Waals surface area contributed by atoms with Crippen LogP contribution in [-0.4, -0.2) is 42.6 Å². The Morgan fingerprint density at radius 3 is 2.65 bits per heavy atom. The van der Waals surface area contributed by atoms with Gasteiger partial charge in [0.2, 0.25) is 0 Å². The third-order valence-electron chi connectivity index (χ3n) is 4.21. The average molecular weight is 315 g/mol. The monoisotopic (exact) mass is 314 g/mol. The van der Waals surface area contributed by atoms with Gasteiger partial charge in [-0.1, -0.05) is 11.6 Å². The van der Waals surface area contributed by atoms with Crippen LogP contribution in [0, 0.1) is 0 Å². The molecule has 1 aliphatic rings. The van der Waals surface area contributed by atoms with Crippen LogP contribution >= 0.6 is 23.4 Å². The highest BCUT2D eigenvalue weighted by Crippen LogP contribution is 2.34. The highest BCUT2D eigenvalue weighted by molar-refractivity contribution is 8.00. The number of hydrogen-bond acceptors (Lipinski definition) is 4. The fourth-order valence-corrected chi connectivity index (χ4v) is 3.67. The molecule has 0 spiro atoms. The van der Waals surface area contributed by atoms with Crippen molar-refractivity contribution in [3.05, 3.63) is 28.8 Å². The summed E-state index contributed by atoms with van der Waals surface area (Å²) in [4.78, 5) is 2.46. The second-order valence-corrected chi connectivity index (χ2v) is 7.03. The molecule has 5 heteroatoms. The summed E-state index contributed by atoms with van der Waals surface area (Å²) < 4.78 is 5.69. The van der Waals surface area contributed by atoms with Crippen molar-refractivity contribution in [2.75, 3.05) is 33.0 Å². The third kappa shape index (κ3) is 3.61. The number of methoxy groups -OCH3 is 1. The first-order valence-electron chi connectivity index (χ1n) is 6.92. The summed E-state index contributed by atoms with van der Waals surface area (Å²) in [5.41, 5.74) is 7.09. The van der Waals surface area contributed by atoms with Crippen molar-refractivity contribution in [2.45, 2.75) is 24.1 Å². The molecule has 0 radical (unpaired) electrons. The maximum atomic E-state index is 6.09. The lowest BCUT2D eigenvalue weighted by atomic mass is 9.95. The number of likely N-dealkylation sites (tertiary alicyclic amines) is 1. The highest BCUT2D eigenvalue weighted by Gasteiger charge is 2.32. The fourth-order valence-electron chi connectivity index (χ4n) is 2.72. The molecule has 1 aliphatic heterocycles. The summed E-state index contributed by atoms with van der Waals surface area (Å²) in [6, 6.07) is 5.81. The van der Waals surface area contributed by atoms with Crippen LogP contribution in [0.4, 0.5) is 0 Å². The van der Waals surface area contributed by atoms with E-state index in [9.17, 15) is 0 Å². The van der Waals surface area contributed by atoms with Crippen LogP contribution in [0.15, 0.2) is 18.2 Å². The van der Waals surface area contributed by atoms with Gasteiger partial charge in [-0.2, -0.15) is 11.8 Å². The van der Waals surface area contributed by atoms with E-state index in [0.717, 1.165) is 55.4 Å². The minimum Gasteiger partial charge on any atom is -0.496 e. The van der Waals surface area contributed by atoms with Crippen molar-refractivity contribution in [3.63, 3.8) is 0 Å². The average Bonchev–Trinajstić information content (AvgIpc) is 2.49. The fraction of sp³-hybridized carbons (Fsp3) is 0.600. The molecule has 0 saturated carbocycles. The van der Waals surface area contributed by atoms with E-state index in [1.807, 2.05) is 30.0 Å². The Balaban J connectivity index is 2.01. The summed E-state index contributed by atoms with van der Waals surface area (Å²) in [5.74, 6) is 0.912. The molecular formula is C15H23ClN2OS. The smallest absolute Gasteiger partial charge is 0.123 e. The minimum absolute atomic E-state index is 0.273. The molecular weight excluding hydrogens is 292 g/mol. The Bertz CT molecular complexity index is 441. The van der Waals surface area contributed by atoms with E-state index in [-0.39, 0.29) is 4.75 Å². The molecule has 0 aliphatic carbocycles. The molecule has 112 valence electrons. The van der Waals surface area contributed by atoms with Crippen molar-refractivity contribution >= 4 is 23.4 Å². The second-order valence-electron chi connectivity index (χ2n) is 5.32. The molecule has 1 saturated heterocycles. The standard InChI is InChI=1S/C15H23ClN2OS/c1-19-14-4-3-13(16)9-12(14)10-18-7-5-15(11-17,20-2)6-8-18/h3-4,9H,5-8,10-11,17H2,1-2H3. The van der Waals surface area contributed by atoms with Gasteiger partial charge in [-0.15, -0.1) is 0 Å². The lowest BCUT2D eigenvalue weighted by molar-refractivity contribution is 0.193. The lowest BCUT2D eigenvalue weighted by Crippen LogP contribution is -2.46. The first kappa shape index (κ1) is 16.0. The number of ether oxygens (including phenoxy) is 1. The first-order valence-corrected chi connectivity index (χ1v) is 8.53. The Labute approximate surface area is 130 Å². The summed E-state index contributed by atoms with van der Waals surface area (Å²) >= 11 is 8.00. The van der Waals surface area contributed by atoms with E-state index in [1.165, 1.54) is 0 Å². The Hall–Kier alpha value is -0.420. The van der Waals surface area contributed by atoms with Crippen molar-refractivity contribution < 1.29 is 4.74 Å². The van der Waals surface area contributed by atoms with Crippen LogP contribution in [0.1, 0.15) is 18.4 Å². The summed E-state index contributed by atoms with van der Waals surface area (Å²) in [6.07, 6.45) is 4.46. The van der Waals surface area contributed by atoms with E-state index in [0.29, 0.717) is 0 Å². The summed E-state index contributed by atoms with van der Waals surface area (Å²) in [6.45, 7) is 3.81. The van der Waals surface area contributed by atoms with Gasteiger partial charge in [0.25, 0.3) is 0 Å². The van der Waals surface area contributed by atoms with Crippen molar-refractivity contribution in [3.8, 4) is 5.75 Å². The van der Waals surface area contributed by atoms with Crippen LogP contribution in [0.25, 0.3) is 0 Å². The zero-order valence-electron chi connectivity index (χ0n) is 12.2. The predicted molar refractivity (Wildman–Crippen MR) is 87.8 cm³/mol. The zero-order chi connectivity index (χ0) is 14.6. The van der Waals surface area contributed by atoms with Gasteiger partial charge in [-0.3, -0.25) is 4.90 Å². The van der Waals surface area contributed by atoms with Gasteiger partial charge in [0.15, 0.2) is 0 Å². The normalized spacial score (nSPS) is 19.0. The summed E-state index contributed by atoms with van der Waals surface area (Å²) in [5, 5.41) is 0.762. The van der Waals surface area contributed by atoms with E-state index >= 15 is 0 Å². The maximum absolute atomic E-state index is 6.09. The molecule has 0 bridgehead atoms. The third-order valence-corrected chi connectivity index (χ3v) is 5.88. The number of hydrogen-bond donors (Lipinski definition) is 1. The second kappa shape index (κ2) is 7.03. The molecule has 2 rings (SSSR count). The van der Waals surface area contributed by atoms with Gasteiger partial charge in [-0.25, -0.2) is 0 Å². The van der Waals surface area contributed by atoms with Crippen molar-refractivity contribution in [2.24, 2.45) is 5.73 Å². The maximum Gasteiger partial charge on any atom is 0.123 e. The number of rotatable bonds is 5. The van der Waals surface area contributed by atoms with Crippen LogP contribution < -0.4 is 10.5 Å². The molecule has 1 aromatic rings. The Morgan fingerprint density at radius 2 is 2.10 bits per heavy atom. The van der Waals surface area contributed by atoms with Crippen LogP contribution in [0.5, 0.6) is 5.75 Å². The Morgan fingerprint density at radius 1 is 1.40 bits per heavy atom. The van der Waals surface area contributed by atoms with E-state index in [4.69, 9.17) is 22.1 Å². The molecule has 0 amide bonds. The first-order chi connectivity index (χ1) is 9.62. The number of halogens is 1. The molecule has 20 heavy (non-hydrogen) atoms. The van der Waals surface area contributed by atoms with Crippen molar-refractivity contribution in [1.29, 1.82) is 0 Å². The molecule has 2 N–H and O–H groups in total. The number of thioether (sulfide) groups is 1. The molecule has 1 heterocycles. The molecule has 0 unspecified atom stereocenters. The molecule has 0 atom stereocenters. The zero-order valence-corrected chi connectivity index (χ0v) is 13.8. The number of piperidine rings is 1. The van der Waals surface area contributed by atoms with Crippen LogP contribution in [0.3, 0.4) is 0 Å². The van der Waals surface area contributed by atoms with Crippen molar-refractivity contribution in [1.82, 2.24) is 4.90 Å². The topological polar surface area (TPSA) is 38.5 Å². The van der Waals surface area contributed by atoms with Gasteiger partial charge in [0.05, 0.1) is 7.11 Å². The SMILES string of the molecule is COc1ccc(Cl)cc1CN1CCC(CN)(SC)CC1. The van der Waals surface area contributed by atoms with E-state index in [1.54, 1.807) is 7.11 Å². The number of nitrogens with zero attached hydrogens (tertiary/aromatic N) is 1. The summed E-state index contributed by atoms with van der Waals surface area (Å²) in [7, 11) is 1.70. The highest BCUT2D eigenvalue weighted by atomic mass is 35.5. The molecule has 1 fully saturated rings. The van der Waals surface area contributed by atoms with Crippen LogP contribution in [-0.2, 0) is 6.54 Å². The van der Waals surface area contributed by atoms with Crippen LogP contribution in [0.2, 0.25) is 5.02 Å². The van der Waals surface area contributed by atoms with E-state index < -0.39 is 0 Å². The number of benzene rings is 1. The van der Waals surface area contributed by atoms with Gasteiger partial charge in [0.1, 0.15) is 5.75 Å². The Kier molecular flexibility index (Phi) is 5.61. The predicted octanol–water partition coefficient (Wildman–Crippen LogP) is 3.00. The number of nitrogens with two attached hydrogens (primary N) is 1. The molecule has 3 nitrogen and oxygen atoms in total. The minimum atomic E-state index is 0.273. The van der Waals surface area contributed by atoms with Gasteiger partial charge < -0.3 is 10.5 Å².